The third-order valence-corrected chi connectivity index (χ3v) is 0.939. The quantitative estimate of drug-likeness (QED) is 0.469. The highest BCUT2D eigenvalue weighted by molar-refractivity contribution is 5.74. The van der Waals surface area contributed by atoms with Gasteiger partial charge in [0, 0.05) is 20.3 Å². The number of nitrogens with zero attached hydrogens (tertiary/aromatic N) is 2. The van der Waals surface area contributed by atoms with Gasteiger partial charge in [-0.05, 0) is 5.92 Å². The lowest BCUT2D eigenvalue weighted by molar-refractivity contribution is 0.218. The van der Waals surface area contributed by atoms with Gasteiger partial charge in [-0.2, -0.15) is 5.10 Å². The molecule has 0 aromatic rings. The molecule has 0 bridgehead atoms. The molecule has 64 valence electrons. The van der Waals surface area contributed by atoms with E-state index < -0.39 is 0 Å². The van der Waals surface area contributed by atoms with Crippen molar-refractivity contribution in [1.29, 1.82) is 0 Å². The number of carbonyl (C=O) groups excluding carboxylic acids is 1. The predicted molar refractivity (Wildman–Crippen MR) is 45.5 cm³/mol. The van der Waals surface area contributed by atoms with E-state index in [1.807, 2.05) is 13.8 Å². The number of hydrogen-bond donors (Lipinski definition) is 1. The Hall–Kier alpha value is -1.06. The minimum atomic E-state index is -0.207. The summed E-state index contributed by atoms with van der Waals surface area (Å²) >= 11 is 0. The van der Waals surface area contributed by atoms with Gasteiger partial charge in [0.15, 0.2) is 0 Å². The highest BCUT2D eigenvalue weighted by atomic mass is 16.2. The van der Waals surface area contributed by atoms with Crippen LogP contribution >= 0.6 is 0 Å². The van der Waals surface area contributed by atoms with E-state index in [0.29, 0.717) is 5.92 Å². The number of amides is 2. The first-order valence-corrected chi connectivity index (χ1v) is 3.54. The van der Waals surface area contributed by atoms with Crippen LogP contribution in [0.4, 0.5) is 4.79 Å². The Labute approximate surface area is 67.3 Å². The Morgan fingerprint density at radius 1 is 1.55 bits per heavy atom. The smallest absolute Gasteiger partial charge is 0.329 e. The molecule has 4 nitrogen and oxygen atoms in total. The summed E-state index contributed by atoms with van der Waals surface area (Å²) in [6.07, 6.45) is 1.68. The molecule has 0 aliphatic carbocycles. The Balaban J connectivity index is 3.62. The van der Waals surface area contributed by atoms with Crippen molar-refractivity contribution < 1.29 is 4.79 Å². The molecular weight excluding hydrogens is 142 g/mol. The summed E-state index contributed by atoms with van der Waals surface area (Å²) in [5, 5.41) is 3.73. The third kappa shape index (κ3) is 5.39. The number of nitrogens with one attached hydrogen (secondary N) is 1. The summed E-state index contributed by atoms with van der Waals surface area (Å²) < 4.78 is 0. The van der Waals surface area contributed by atoms with Gasteiger partial charge in [-0.15, -0.1) is 0 Å². The summed E-state index contributed by atoms with van der Waals surface area (Å²) in [4.78, 5) is 12.3. The van der Waals surface area contributed by atoms with Gasteiger partial charge in [0.05, 0.1) is 0 Å². The molecule has 0 radical (unpaired) electrons. The third-order valence-electron chi connectivity index (χ3n) is 0.939. The van der Waals surface area contributed by atoms with Gasteiger partial charge in [0.25, 0.3) is 0 Å². The first kappa shape index (κ1) is 9.94. The van der Waals surface area contributed by atoms with E-state index in [0.717, 1.165) is 0 Å². The fourth-order valence-electron chi connectivity index (χ4n) is 0.342. The average Bonchev–Trinajstić information content (AvgIpc) is 1.86. The molecule has 1 N–H and O–H groups in total. The summed E-state index contributed by atoms with van der Waals surface area (Å²) in [6, 6.07) is -0.207. The normalized spacial score (nSPS) is 10.6. The van der Waals surface area contributed by atoms with Crippen LogP contribution in [0.1, 0.15) is 13.8 Å². The molecule has 0 rings (SSSR count). The molecule has 0 aromatic carbocycles. The maximum absolute atomic E-state index is 10.8. The van der Waals surface area contributed by atoms with Crippen LogP contribution in [-0.4, -0.2) is 31.2 Å². The number of urea groups is 1. The summed E-state index contributed by atoms with van der Waals surface area (Å²) in [5.74, 6) is 0.359. The Kier molecular flexibility index (Phi) is 4.26. The molecule has 0 aromatic heterocycles. The second-order valence-corrected chi connectivity index (χ2v) is 2.83. The van der Waals surface area contributed by atoms with Crippen LogP contribution < -0.4 is 5.43 Å². The summed E-state index contributed by atoms with van der Waals surface area (Å²) in [6.45, 7) is 3.98. The monoisotopic (exact) mass is 157 g/mol. The van der Waals surface area contributed by atoms with Crippen LogP contribution in [-0.2, 0) is 0 Å². The number of hydrazone groups is 1. The molecule has 0 fully saturated rings. The van der Waals surface area contributed by atoms with Crippen molar-refractivity contribution >= 4 is 12.2 Å². The van der Waals surface area contributed by atoms with Gasteiger partial charge in [-0.1, -0.05) is 13.8 Å². The van der Waals surface area contributed by atoms with Gasteiger partial charge < -0.3 is 4.90 Å². The van der Waals surface area contributed by atoms with Gasteiger partial charge in [0.1, 0.15) is 0 Å². The van der Waals surface area contributed by atoms with E-state index in [1.165, 1.54) is 4.90 Å². The van der Waals surface area contributed by atoms with Crippen molar-refractivity contribution in [3.63, 3.8) is 0 Å². The highest BCUT2D eigenvalue weighted by Gasteiger charge is 1.98. The highest BCUT2D eigenvalue weighted by Crippen LogP contribution is 1.83. The molecule has 2 amide bonds. The molecule has 0 atom stereocenters. The standard InChI is InChI=1S/C7H15N3O/c1-6(2)5-8-9-7(11)10(3)4/h5-6H,1-4H3,(H,9,11)/b8-5+. The van der Waals surface area contributed by atoms with Crippen LogP contribution in [0.2, 0.25) is 0 Å². The van der Waals surface area contributed by atoms with Gasteiger partial charge in [-0.3, -0.25) is 0 Å². The zero-order valence-corrected chi connectivity index (χ0v) is 7.46. The van der Waals surface area contributed by atoms with Crippen molar-refractivity contribution in [1.82, 2.24) is 10.3 Å². The Morgan fingerprint density at radius 3 is 2.45 bits per heavy atom. The maximum Gasteiger partial charge on any atom is 0.337 e. The molecule has 0 saturated carbocycles. The first-order valence-electron chi connectivity index (χ1n) is 3.54. The number of rotatable bonds is 2. The second kappa shape index (κ2) is 4.71. The molecule has 4 heteroatoms. The van der Waals surface area contributed by atoms with Crippen LogP contribution in [0.15, 0.2) is 5.10 Å². The van der Waals surface area contributed by atoms with Crippen LogP contribution in [0.3, 0.4) is 0 Å². The topological polar surface area (TPSA) is 44.7 Å². The Morgan fingerprint density at radius 2 is 2.09 bits per heavy atom. The molecule has 0 aliphatic heterocycles. The van der Waals surface area contributed by atoms with Crippen LogP contribution in [0.5, 0.6) is 0 Å². The minimum Gasteiger partial charge on any atom is -0.329 e. The summed E-state index contributed by atoms with van der Waals surface area (Å²) in [5.41, 5.74) is 2.37. The fourth-order valence-corrected chi connectivity index (χ4v) is 0.342. The maximum atomic E-state index is 10.8. The Bertz CT molecular complexity index is 152. The molecule has 0 unspecified atom stereocenters. The fraction of sp³-hybridized carbons (Fsp3) is 0.714. The molecule has 0 aliphatic rings. The molecule has 0 heterocycles. The minimum absolute atomic E-state index is 0.207. The SMILES string of the molecule is CC(C)/C=N/NC(=O)N(C)C. The number of carbonyl (C=O) groups is 1. The van der Waals surface area contributed by atoms with E-state index in [1.54, 1.807) is 20.3 Å². The van der Waals surface area contributed by atoms with Gasteiger partial charge in [-0.25, -0.2) is 10.2 Å². The summed E-state index contributed by atoms with van der Waals surface area (Å²) in [7, 11) is 3.33. The van der Waals surface area contributed by atoms with Crippen LogP contribution in [0.25, 0.3) is 0 Å². The molecular formula is C7H15N3O. The van der Waals surface area contributed by atoms with Crippen molar-refractivity contribution in [2.45, 2.75) is 13.8 Å². The van der Waals surface area contributed by atoms with Crippen LogP contribution in [0, 0.1) is 5.92 Å². The molecule has 0 saturated heterocycles. The predicted octanol–water partition coefficient (Wildman–Crippen LogP) is 0.899. The largest absolute Gasteiger partial charge is 0.337 e. The van der Waals surface area contributed by atoms with Gasteiger partial charge in [0.2, 0.25) is 0 Å². The van der Waals surface area contributed by atoms with E-state index in [-0.39, 0.29) is 6.03 Å². The average molecular weight is 157 g/mol. The van der Waals surface area contributed by atoms with E-state index in [2.05, 4.69) is 10.5 Å². The first-order chi connectivity index (χ1) is 5.04. The lowest BCUT2D eigenvalue weighted by atomic mass is 10.3. The van der Waals surface area contributed by atoms with Gasteiger partial charge >= 0.3 is 6.03 Å². The van der Waals surface area contributed by atoms with E-state index in [4.69, 9.17) is 0 Å². The van der Waals surface area contributed by atoms with E-state index >= 15 is 0 Å². The van der Waals surface area contributed by atoms with Crippen molar-refractivity contribution in [2.75, 3.05) is 14.1 Å². The zero-order valence-electron chi connectivity index (χ0n) is 7.46. The lowest BCUT2D eigenvalue weighted by Crippen LogP contribution is -2.31. The molecule has 11 heavy (non-hydrogen) atoms. The lowest BCUT2D eigenvalue weighted by Gasteiger charge is -2.07. The van der Waals surface area contributed by atoms with Crippen molar-refractivity contribution in [3.8, 4) is 0 Å². The van der Waals surface area contributed by atoms with Crippen molar-refractivity contribution in [3.05, 3.63) is 0 Å². The zero-order chi connectivity index (χ0) is 8.85. The van der Waals surface area contributed by atoms with E-state index in [9.17, 15) is 4.79 Å². The second-order valence-electron chi connectivity index (χ2n) is 2.83. The molecule has 0 spiro atoms. The van der Waals surface area contributed by atoms with Crippen molar-refractivity contribution in [2.24, 2.45) is 11.0 Å². The number of hydrogen-bond acceptors (Lipinski definition) is 2.